The second kappa shape index (κ2) is 13.4. The van der Waals surface area contributed by atoms with Gasteiger partial charge in [-0.25, -0.2) is 15.0 Å². The molecule has 2 aromatic heterocycles. The molecule has 4 aromatic rings. The van der Waals surface area contributed by atoms with Gasteiger partial charge in [-0.2, -0.15) is 5.10 Å². The number of morpholine rings is 1. The number of hydroxylamine groups is 1. The summed E-state index contributed by atoms with van der Waals surface area (Å²) in [6, 6.07) is 17.4. The summed E-state index contributed by atoms with van der Waals surface area (Å²) >= 11 is 0. The van der Waals surface area contributed by atoms with E-state index >= 15 is 0 Å². The third-order valence-electron chi connectivity index (χ3n) is 9.01. The molecule has 0 aliphatic carbocycles. The molecule has 236 valence electrons. The SMILES string of the molecule is CCOc1cc(N2CCC(N3CCOCC3)CC2)c(-c2cnn(C)c2)cc1Nc1cc(N2OCC[C@@H]2c2ccccc2)ncn1. The minimum Gasteiger partial charge on any atom is -0.492 e. The van der Waals surface area contributed by atoms with Gasteiger partial charge < -0.3 is 19.7 Å². The predicted molar refractivity (Wildman–Crippen MR) is 175 cm³/mol. The number of hydrogen-bond donors (Lipinski definition) is 1. The molecule has 45 heavy (non-hydrogen) atoms. The van der Waals surface area contributed by atoms with Crippen molar-refractivity contribution in [2.75, 3.05) is 67.9 Å². The highest BCUT2D eigenvalue weighted by Gasteiger charge is 2.30. The van der Waals surface area contributed by atoms with Crippen molar-refractivity contribution in [1.82, 2.24) is 24.6 Å². The van der Waals surface area contributed by atoms with E-state index in [1.807, 2.05) is 42.0 Å². The molecule has 0 amide bonds. The van der Waals surface area contributed by atoms with Gasteiger partial charge in [0, 0.05) is 80.8 Å². The fourth-order valence-corrected chi connectivity index (χ4v) is 6.76. The van der Waals surface area contributed by atoms with Crippen LogP contribution in [0.1, 0.15) is 37.8 Å². The molecule has 3 aliphatic heterocycles. The lowest BCUT2D eigenvalue weighted by Crippen LogP contribution is -2.49. The summed E-state index contributed by atoms with van der Waals surface area (Å²) in [6.45, 7) is 8.92. The monoisotopic (exact) mass is 610 g/mol. The number of anilines is 4. The van der Waals surface area contributed by atoms with Crippen LogP contribution in [0.3, 0.4) is 0 Å². The Kier molecular flexibility index (Phi) is 8.81. The van der Waals surface area contributed by atoms with Gasteiger partial charge in [0.25, 0.3) is 0 Å². The third-order valence-corrected chi connectivity index (χ3v) is 9.01. The van der Waals surface area contributed by atoms with Crippen LogP contribution in [-0.4, -0.2) is 83.3 Å². The maximum absolute atomic E-state index is 6.25. The predicted octanol–water partition coefficient (Wildman–Crippen LogP) is 5.20. The zero-order valence-electron chi connectivity index (χ0n) is 26.1. The van der Waals surface area contributed by atoms with Crippen LogP contribution in [0.4, 0.5) is 23.0 Å². The Bertz CT molecular complexity index is 1570. The van der Waals surface area contributed by atoms with Gasteiger partial charge in [-0.05, 0) is 31.4 Å². The number of aromatic nitrogens is 4. The first-order valence-corrected chi connectivity index (χ1v) is 16.1. The smallest absolute Gasteiger partial charge is 0.158 e. The van der Waals surface area contributed by atoms with E-state index in [2.05, 4.69) is 72.8 Å². The van der Waals surface area contributed by atoms with Crippen LogP contribution in [-0.2, 0) is 16.6 Å². The van der Waals surface area contributed by atoms with Gasteiger partial charge in [0.2, 0.25) is 0 Å². The van der Waals surface area contributed by atoms with Gasteiger partial charge in [-0.15, -0.1) is 0 Å². The van der Waals surface area contributed by atoms with Gasteiger partial charge in [0.05, 0.1) is 44.4 Å². The van der Waals surface area contributed by atoms with Crippen molar-refractivity contribution in [3.8, 4) is 16.9 Å². The zero-order chi connectivity index (χ0) is 30.6. The number of piperidine rings is 1. The number of rotatable bonds is 9. The Labute approximate surface area is 264 Å². The Morgan fingerprint density at radius 1 is 0.956 bits per heavy atom. The molecule has 0 saturated carbocycles. The standard InChI is InChI=1S/C34H42N8O3/c1-3-44-32-20-31(41-12-9-27(10-13-41)40-14-17-43-18-15-40)28(26-22-37-39(2)23-26)19-29(32)38-33-21-34(36-24-35-33)42-30(11-16-45-42)25-7-5-4-6-8-25/h4-8,19-24,27,30H,3,9-18H2,1-2H3,(H,35,36,38)/t30-/m1/s1. The Balaban J connectivity index is 1.17. The highest BCUT2D eigenvalue weighted by molar-refractivity contribution is 5.85. The van der Waals surface area contributed by atoms with E-state index in [0.717, 1.165) is 86.9 Å². The summed E-state index contributed by atoms with van der Waals surface area (Å²) in [5.41, 5.74) is 5.38. The fraction of sp³-hybridized carbons (Fsp3) is 0.441. The summed E-state index contributed by atoms with van der Waals surface area (Å²) in [7, 11) is 1.95. The van der Waals surface area contributed by atoms with Crippen molar-refractivity contribution >= 4 is 23.0 Å². The zero-order valence-corrected chi connectivity index (χ0v) is 26.1. The van der Waals surface area contributed by atoms with E-state index in [1.54, 1.807) is 6.33 Å². The van der Waals surface area contributed by atoms with Gasteiger partial charge >= 0.3 is 0 Å². The summed E-state index contributed by atoms with van der Waals surface area (Å²) in [6.07, 6.45) is 8.73. The molecule has 0 radical (unpaired) electrons. The van der Waals surface area contributed by atoms with Crippen molar-refractivity contribution in [2.45, 2.75) is 38.3 Å². The molecule has 3 fully saturated rings. The first kappa shape index (κ1) is 29.5. The average molecular weight is 611 g/mol. The summed E-state index contributed by atoms with van der Waals surface area (Å²) in [5.74, 6) is 2.17. The molecule has 7 rings (SSSR count). The summed E-state index contributed by atoms with van der Waals surface area (Å²) in [5, 5.41) is 9.95. The van der Waals surface area contributed by atoms with Crippen molar-refractivity contribution in [3.05, 3.63) is 72.8 Å². The molecule has 3 saturated heterocycles. The normalized spacial score (nSPS) is 19.6. The number of nitrogens with one attached hydrogen (secondary N) is 1. The minimum absolute atomic E-state index is 0.0942. The molecule has 5 heterocycles. The molecular weight excluding hydrogens is 568 g/mol. The van der Waals surface area contributed by atoms with Gasteiger partial charge in [0.1, 0.15) is 17.9 Å². The lowest BCUT2D eigenvalue weighted by atomic mass is 9.99. The van der Waals surface area contributed by atoms with Crippen LogP contribution < -0.4 is 20.0 Å². The Hall–Kier alpha value is -4.19. The molecule has 2 aromatic carbocycles. The Morgan fingerprint density at radius 2 is 1.78 bits per heavy atom. The molecule has 1 atom stereocenters. The van der Waals surface area contributed by atoms with Crippen LogP contribution in [0.25, 0.3) is 11.1 Å². The number of ether oxygens (including phenoxy) is 2. The second-order valence-corrected chi connectivity index (χ2v) is 11.8. The number of aryl methyl sites for hydroxylation is 1. The van der Waals surface area contributed by atoms with Crippen molar-refractivity contribution in [1.29, 1.82) is 0 Å². The van der Waals surface area contributed by atoms with Gasteiger partial charge in [0.15, 0.2) is 5.82 Å². The number of hydrogen-bond acceptors (Lipinski definition) is 10. The van der Waals surface area contributed by atoms with E-state index in [9.17, 15) is 0 Å². The van der Waals surface area contributed by atoms with Crippen LogP contribution in [0.2, 0.25) is 0 Å². The molecular formula is C34H42N8O3. The Morgan fingerprint density at radius 3 is 2.53 bits per heavy atom. The highest BCUT2D eigenvalue weighted by atomic mass is 16.7. The lowest BCUT2D eigenvalue weighted by molar-refractivity contribution is 0.0115. The largest absolute Gasteiger partial charge is 0.492 e. The summed E-state index contributed by atoms with van der Waals surface area (Å²) in [4.78, 5) is 20.3. The summed E-state index contributed by atoms with van der Waals surface area (Å²) < 4.78 is 13.7. The molecule has 0 unspecified atom stereocenters. The van der Waals surface area contributed by atoms with E-state index in [0.29, 0.717) is 30.9 Å². The molecule has 11 heteroatoms. The average Bonchev–Trinajstić information content (AvgIpc) is 3.76. The molecule has 0 bridgehead atoms. The van der Waals surface area contributed by atoms with Crippen LogP contribution >= 0.6 is 0 Å². The molecule has 0 spiro atoms. The lowest BCUT2D eigenvalue weighted by Gasteiger charge is -2.41. The molecule has 3 aliphatic rings. The quantitative estimate of drug-likeness (QED) is 0.273. The van der Waals surface area contributed by atoms with E-state index in [4.69, 9.17) is 14.3 Å². The number of benzene rings is 2. The molecule has 1 N–H and O–H groups in total. The van der Waals surface area contributed by atoms with Gasteiger partial charge in [-0.1, -0.05) is 30.3 Å². The van der Waals surface area contributed by atoms with Crippen molar-refractivity contribution < 1.29 is 14.3 Å². The van der Waals surface area contributed by atoms with E-state index in [1.165, 1.54) is 5.56 Å². The van der Waals surface area contributed by atoms with Crippen LogP contribution in [0, 0.1) is 0 Å². The highest BCUT2D eigenvalue weighted by Crippen LogP contribution is 2.42. The third kappa shape index (κ3) is 6.47. The van der Waals surface area contributed by atoms with Crippen LogP contribution in [0.5, 0.6) is 5.75 Å². The second-order valence-electron chi connectivity index (χ2n) is 11.8. The van der Waals surface area contributed by atoms with Crippen LogP contribution in [0.15, 0.2) is 67.3 Å². The van der Waals surface area contributed by atoms with Gasteiger partial charge in [-0.3, -0.25) is 14.4 Å². The van der Waals surface area contributed by atoms with E-state index < -0.39 is 0 Å². The van der Waals surface area contributed by atoms with Crippen molar-refractivity contribution in [2.24, 2.45) is 7.05 Å². The molecule has 11 nitrogen and oxygen atoms in total. The topological polar surface area (TPSA) is 93.0 Å². The van der Waals surface area contributed by atoms with Crippen molar-refractivity contribution in [3.63, 3.8) is 0 Å². The fourth-order valence-electron chi connectivity index (χ4n) is 6.76. The van der Waals surface area contributed by atoms with E-state index in [-0.39, 0.29) is 6.04 Å². The maximum Gasteiger partial charge on any atom is 0.158 e. The first-order valence-electron chi connectivity index (χ1n) is 16.1. The first-order chi connectivity index (χ1) is 22.2. The maximum atomic E-state index is 6.25. The minimum atomic E-state index is 0.0942. The number of nitrogens with zero attached hydrogens (tertiary/aromatic N) is 7.